The van der Waals surface area contributed by atoms with Gasteiger partial charge < -0.3 is 10.6 Å². The number of benzene rings is 2. The van der Waals surface area contributed by atoms with Crippen molar-refractivity contribution in [3.05, 3.63) is 70.3 Å². The van der Waals surface area contributed by atoms with E-state index in [1.807, 2.05) is 36.4 Å². The first-order valence-electron chi connectivity index (χ1n) is 7.31. The molecule has 1 heterocycles. The summed E-state index contributed by atoms with van der Waals surface area (Å²) in [5, 5.41) is 6.52. The third-order valence-corrected chi connectivity index (χ3v) is 4.25. The fraction of sp³-hybridized carbons (Fsp3) is 0.111. The lowest BCUT2D eigenvalue weighted by molar-refractivity contribution is 1.16. The molecule has 0 aliphatic carbocycles. The van der Waals surface area contributed by atoms with Crippen LogP contribution in [0.4, 0.5) is 23.1 Å². The minimum Gasteiger partial charge on any atom is -0.339 e. The highest BCUT2D eigenvalue weighted by molar-refractivity contribution is 9.10. The van der Waals surface area contributed by atoms with Gasteiger partial charge in [-0.15, -0.1) is 0 Å². The number of hydrogen-bond donors (Lipinski definition) is 2. The van der Waals surface area contributed by atoms with Crippen molar-refractivity contribution in [1.82, 2.24) is 9.97 Å². The molecule has 0 bridgehead atoms. The number of rotatable bonds is 4. The third kappa shape index (κ3) is 3.87. The summed E-state index contributed by atoms with van der Waals surface area (Å²) < 4.78 is 0.988. The Balaban J connectivity index is 1.79. The summed E-state index contributed by atoms with van der Waals surface area (Å²) in [7, 11) is 0. The molecule has 0 spiro atoms. The Hall–Kier alpha value is -2.40. The van der Waals surface area contributed by atoms with E-state index in [1.54, 1.807) is 6.20 Å². The first-order valence-corrected chi connectivity index (χ1v) is 8.10. The highest BCUT2D eigenvalue weighted by Gasteiger charge is 2.04. The predicted octanol–water partition coefficient (Wildman–Crippen LogP) is 5.34. The number of anilines is 4. The van der Waals surface area contributed by atoms with Crippen LogP contribution >= 0.6 is 15.9 Å². The molecule has 1 aromatic heterocycles. The molecular formula is C18H17BrN4. The van der Waals surface area contributed by atoms with Crippen molar-refractivity contribution < 1.29 is 0 Å². The van der Waals surface area contributed by atoms with Gasteiger partial charge in [-0.1, -0.05) is 18.2 Å². The van der Waals surface area contributed by atoms with Crippen LogP contribution in [0.15, 0.2) is 59.2 Å². The van der Waals surface area contributed by atoms with E-state index >= 15 is 0 Å². The van der Waals surface area contributed by atoms with Gasteiger partial charge in [0.1, 0.15) is 5.82 Å². The van der Waals surface area contributed by atoms with Crippen molar-refractivity contribution in [2.24, 2.45) is 0 Å². The molecule has 0 radical (unpaired) electrons. The lowest BCUT2D eigenvalue weighted by Gasteiger charge is -2.10. The third-order valence-electron chi connectivity index (χ3n) is 3.56. The molecule has 116 valence electrons. The molecule has 0 unspecified atom stereocenters. The Labute approximate surface area is 144 Å². The summed E-state index contributed by atoms with van der Waals surface area (Å²) in [6, 6.07) is 16.0. The van der Waals surface area contributed by atoms with Crippen LogP contribution in [0.1, 0.15) is 11.1 Å². The van der Waals surface area contributed by atoms with Gasteiger partial charge in [-0.3, -0.25) is 0 Å². The zero-order valence-electron chi connectivity index (χ0n) is 13.0. The molecule has 3 rings (SSSR count). The quantitative estimate of drug-likeness (QED) is 0.652. The average Bonchev–Trinajstić information content (AvgIpc) is 2.54. The largest absolute Gasteiger partial charge is 0.339 e. The molecule has 2 N–H and O–H groups in total. The monoisotopic (exact) mass is 368 g/mol. The fourth-order valence-electron chi connectivity index (χ4n) is 2.14. The van der Waals surface area contributed by atoms with Crippen LogP contribution in [0.3, 0.4) is 0 Å². The summed E-state index contributed by atoms with van der Waals surface area (Å²) >= 11 is 3.52. The van der Waals surface area contributed by atoms with Crippen molar-refractivity contribution in [1.29, 1.82) is 0 Å². The second-order valence-corrected chi connectivity index (χ2v) is 6.15. The molecule has 3 aromatic rings. The predicted molar refractivity (Wildman–Crippen MR) is 98.7 cm³/mol. The molecular weight excluding hydrogens is 352 g/mol. The topological polar surface area (TPSA) is 49.8 Å². The van der Waals surface area contributed by atoms with Crippen molar-refractivity contribution >= 4 is 39.1 Å². The van der Waals surface area contributed by atoms with Crippen molar-refractivity contribution in [2.45, 2.75) is 13.8 Å². The SMILES string of the molecule is Cc1ccc(Nc2nccc(Nc3ccccc3Br)n2)cc1C. The molecule has 5 heteroatoms. The molecule has 0 amide bonds. The van der Waals surface area contributed by atoms with Crippen LogP contribution in [0.2, 0.25) is 0 Å². The number of aromatic nitrogens is 2. The normalized spacial score (nSPS) is 10.4. The Bertz CT molecular complexity index is 833. The van der Waals surface area contributed by atoms with Crippen LogP contribution in [0.25, 0.3) is 0 Å². The van der Waals surface area contributed by atoms with Crippen molar-refractivity contribution in [3.8, 4) is 0 Å². The Kier molecular flexibility index (Phi) is 4.57. The molecule has 2 aromatic carbocycles. The van der Waals surface area contributed by atoms with Gasteiger partial charge in [0.05, 0.1) is 5.69 Å². The molecule has 4 nitrogen and oxygen atoms in total. The standard InChI is InChI=1S/C18H17BrN4/c1-12-7-8-14(11-13(12)2)21-18-20-10-9-17(23-18)22-16-6-4-3-5-15(16)19/h3-11H,1-2H3,(H2,20,21,22,23). The molecule has 0 aliphatic rings. The van der Waals surface area contributed by atoms with Gasteiger partial charge in [-0.25, -0.2) is 4.98 Å². The molecule has 0 saturated heterocycles. The van der Waals surface area contributed by atoms with E-state index in [0.29, 0.717) is 5.95 Å². The molecule has 0 aliphatic heterocycles. The first-order chi connectivity index (χ1) is 11.1. The van der Waals surface area contributed by atoms with Crippen molar-refractivity contribution in [2.75, 3.05) is 10.6 Å². The number of aryl methyl sites for hydroxylation is 2. The number of hydrogen-bond acceptors (Lipinski definition) is 4. The van der Waals surface area contributed by atoms with Crippen LogP contribution in [-0.2, 0) is 0 Å². The van der Waals surface area contributed by atoms with Gasteiger partial charge >= 0.3 is 0 Å². The summed E-state index contributed by atoms with van der Waals surface area (Å²) in [6.07, 6.45) is 1.73. The van der Waals surface area contributed by atoms with E-state index in [4.69, 9.17) is 0 Å². The van der Waals surface area contributed by atoms with Gasteiger partial charge in [0, 0.05) is 16.4 Å². The van der Waals surface area contributed by atoms with Gasteiger partial charge in [0.2, 0.25) is 5.95 Å². The van der Waals surface area contributed by atoms with Gasteiger partial charge in [-0.2, -0.15) is 4.98 Å². The highest BCUT2D eigenvalue weighted by atomic mass is 79.9. The smallest absolute Gasteiger partial charge is 0.229 e. The van der Waals surface area contributed by atoms with E-state index in [-0.39, 0.29) is 0 Å². The minimum absolute atomic E-state index is 0.560. The number of nitrogens with zero attached hydrogens (tertiary/aromatic N) is 2. The number of nitrogens with one attached hydrogen (secondary N) is 2. The minimum atomic E-state index is 0.560. The maximum absolute atomic E-state index is 4.50. The summed E-state index contributed by atoms with van der Waals surface area (Å²) in [6.45, 7) is 4.18. The van der Waals surface area contributed by atoms with Crippen LogP contribution < -0.4 is 10.6 Å². The Morgan fingerprint density at radius 2 is 1.74 bits per heavy atom. The zero-order valence-corrected chi connectivity index (χ0v) is 14.6. The molecule has 0 saturated carbocycles. The van der Waals surface area contributed by atoms with E-state index < -0.39 is 0 Å². The molecule has 0 atom stereocenters. The van der Waals surface area contributed by atoms with Gasteiger partial charge in [0.25, 0.3) is 0 Å². The van der Waals surface area contributed by atoms with Gasteiger partial charge in [-0.05, 0) is 71.2 Å². The summed E-state index contributed by atoms with van der Waals surface area (Å²) in [5.41, 5.74) is 4.44. The highest BCUT2D eigenvalue weighted by Crippen LogP contribution is 2.25. The van der Waals surface area contributed by atoms with E-state index in [1.165, 1.54) is 11.1 Å². The lowest BCUT2D eigenvalue weighted by atomic mass is 10.1. The maximum Gasteiger partial charge on any atom is 0.229 e. The van der Waals surface area contributed by atoms with Crippen molar-refractivity contribution in [3.63, 3.8) is 0 Å². The van der Waals surface area contributed by atoms with E-state index in [0.717, 1.165) is 21.7 Å². The summed E-state index contributed by atoms with van der Waals surface area (Å²) in [5.74, 6) is 1.29. The fourth-order valence-corrected chi connectivity index (χ4v) is 2.52. The average molecular weight is 369 g/mol. The van der Waals surface area contributed by atoms with Crippen LogP contribution in [0, 0.1) is 13.8 Å². The van der Waals surface area contributed by atoms with Crippen LogP contribution in [-0.4, -0.2) is 9.97 Å². The maximum atomic E-state index is 4.50. The van der Waals surface area contributed by atoms with Crippen LogP contribution in [0.5, 0.6) is 0 Å². The second kappa shape index (κ2) is 6.79. The van der Waals surface area contributed by atoms with Gasteiger partial charge in [0.15, 0.2) is 0 Å². The van der Waals surface area contributed by atoms with E-state index in [2.05, 4.69) is 62.5 Å². The zero-order chi connectivity index (χ0) is 16.2. The first kappa shape index (κ1) is 15.5. The van der Waals surface area contributed by atoms with E-state index in [9.17, 15) is 0 Å². The number of halogens is 1. The molecule has 0 fully saturated rings. The lowest BCUT2D eigenvalue weighted by Crippen LogP contribution is -2.01. The molecule has 23 heavy (non-hydrogen) atoms. The Morgan fingerprint density at radius 3 is 2.52 bits per heavy atom. The second-order valence-electron chi connectivity index (χ2n) is 5.29. The Morgan fingerprint density at radius 1 is 0.913 bits per heavy atom. The number of para-hydroxylation sites is 1. The summed E-state index contributed by atoms with van der Waals surface area (Å²) in [4.78, 5) is 8.78.